The third-order valence-electron chi connectivity index (χ3n) is 3.65. The van der Waals surface area contributed by atoms with Gasteiger partial charge < -0.3 is 19.5 Å². The number of nitrogens with one attached hydrogen (secondary N) is 1. The average molecular weight is 326 g/mol. The summed E-state index contributed by atoms with van der Waals surface area (Å²) in [5, 5.41) is 4.50. The summed E-state index contributed by atoms with van der Waals surface area (Å²) < 4.78 is 14.9. The Kier molecular flexibility index (Phi) is 6.42. The molecule has 2 rings (SSSR count). The van der Waals surface area contributed by atoms with Crippen LogP contribution in [0.2, 0.25) is 0 Å². The number of ether oxygens (including phenoxy) is 3. The third kappa shape index (κ3) is 4.97. The summed E-state index contributed by atoms with van der Waals surface area (Å²) in [6.07, 6.45) is 2.15. The van der Waals surface area contributed by atoms with Crippen molar-refractivity contribution in [2.45, 2.75) is 18.6 Å². The van der Waals surface area contributed by atoms with Crippen LogP contribution < -0.4 is 5.32 Å². The summed E-state index contributed by atoms with van der Waals surface area (Å²) in [6.45, 7) is 8.61. The van der Waals surface area contributed by atoms with E-state index in [1.807, 2.05) is 0 Å². The van der Waals surface area contributed by atoms with Crippen molar-refractivity contribution in [1.82, 2.24) is 10.4 Å². The van der Waals surface area contributed by atoms with E-state index in [0.717, 1.165) is 0 Å². The fraction of sp³-hybridized carbons (Fsp3) is 0.600. The fourth-order valence-electron chi connectivity index (χ4n) is 2.56. The second-order valence-electron chi connectivity index (χ2n) is 5.32. The number of hydrogen-bond donors (Lipinski definition) is 1. The summed E-state index contributed by atoms with van der Waals surface area (Å²) >= 11 is 0. The second kappa shape index (κ2) is 8.54. The molecule has 0 aromatic heterocycles. The van der Waals surface area contributed by atoms with Gasteiger partial charge in [-0.1, -0.05) is 25.3 Å². The lowest BCUT2D eigenvalue weighted by Gasteiger charge is -2.17. The van der Waals surface area contributed by atoms with Crippen LogP contribution in [0.3, 0.4) is 0 Å². The van der Waals surface area contributed by atoms with Gasteiger partial charge in [0.15, 0.2) is 0 Å². The summed E-state index contributed by atoms with van der Waals surface area (Å²) in [7, 11) is 0. The number of carbonyl (C=O) groups is 2. The van der Waals surface area contributed by atoms with Gasteiger partial charge in [0.2, 0.25) is 0 Å². The normalized spacial score (nSPS) is 26.6. The van der Waals surface area contributed by atoms with E-state index in [1.54, 1.807) is 0 Å². The molecule has 8 heteroatoms. The maximum atomic E-state index is 11.7. The summed E-state index contributed by atoms with van der Waals surface area (Å²) in [5.41, 5.74) is 0. The highest BCUT2D eigenvalue weighted by atomic mass is 16.7. The predicted octanol–water partition coefficient (Wildman–Crippen LogP) is 1.24. The Morgan fingerprint density at radius 2 is 2.00 bits per heavy atom. The average Bonchev–Trinajstić information content (AvgIpc) is 3.19. The predicted molar refractivity (Wildman–Crippen MR) is 80.5 cm³/mol. The number of hydrogen-bond acceptors (Lipinski definition) is 7. The van der Waals surface area contributed by atoms with Crippen molar-refractivity contribution in [2.24, 2.45) is 5.92 Å². The molecule has 0 aromatic carbocycles. The molecule has 1 N–H and O–H groups in total. The standard InChI is InChI=1S/C15H22N2O6/c1-3-5-20-14(18)17-9-11(10-22-17)13-7-12(8-16-13)23-15(19)21-6-4-2/h3-4,11-13,16H,1-2,5-10H2/t11-,12-,13+/m1/s1. The molecular weight excluding hydrogens is 304 g/mol. The molecule has 128 valence electrons. The van der Waals surface area contributed by atoms with Gasteiger partial charge in [-0.2, -0.15) is 5.06 Å². The summed E-state index contributed by atoms with van der Waals surface area (Å²) in [4.78, 5) is 28.4. The van der Waals surface area contributed by atoms with E-state index >= 15 is 0 Å². The van der Waals surface area contributed by atoms with Crippen molar-refractivity contribution in [3.63, 3.8) is 0 Å². The molecule has 2 heterocycles. The maximum Gasteiger partial charge on any atom is 0.508 e. The molecule has 0 spiro atoms. The minimum absolute atomic E-state index is 0.101. The molecule has 1 amide bonds. The van der Waals surface area contributed by atoms with Crippen molar-refractivity contribution < 1.29 is 28.6 Å². The van der Waals surface area contributed by atoms with Crippen molar-refractivity contribution >= 4 is 12.2 Å². The minimum Gasteiger partial charge on any atom is -0.444 e. The monoisotopic (exact) mass is 326 g/mol. The van der Waals surface area contributed by atoms with Gasteiger partial charge in [0.1, 0.15) is 19.3 Å². The van der Waals surface area contributed by atoms with Crippen molar-refractivity contribution in [3.8, 4) is 0 Å². The third-order valence-corrected chi connectivity index (χ3v) is 3.65. The lowest BCUT2D eigenvalue weighted by molar-refractivity contribution is -0.0900. The van der Waals surface area contributed by atoms with Crippen LogP contribution >= 0.6 is 0 Å². The van der Waals surface area contributed by atoms with Crippen LogP contribution in [-0.2, 0) is 19.0 Å². The van der Waals surface area contributed by atoms with Gasteiger partial charge in [-0.15, -0.1) is 0 Å². The van der Waals surface area contributed by atoms with Gasteiger partial charge in [-0.05, 0) is 0 Å². The van der Waals surface area contributed by atoms with E-state index in [1.165, 1.54) is 17.2 Å². The zero-order chi connectivity index (χ0) is 16.7. The molecule has 2 aliphatic heterocycles. The Morgan fingerprint density at radius 1 is 1.26 bits per heavy atom. The van der Waals surface area contributed by atoms with Crippen LogP contribution in [0.1, 0.15) is 6.42 Å². The van der Waals surface area contributed by atoms with Crippen molar-refractivity contribution in [1.29, 1.82) is 0 Å². The molecule has 0 bridgehead atoms. The van der Waals surface area contributed by atoms with Gasteiger partial charge in [-0.25, -0.2) is 9.59 Å². The van der Waals surface area contributed by atoms with E-state index in [9.17, 15) is 9.59 Å². The molecule has 8 nitrogen and oxygen atoms in total. The molecule has 3 atom stereocenters. The van der Waals surface area contributed by atoms with E-state index < -0.39 is 12.2 Å². The smallest absolute Gasteiger partial charge is 0.444 e. The van der Waals surface area contributed by atoms with Gasteiger partial charge in [0.05, 0.1) is 13.2 Å². The van der Waals surface area contributed by atoms with Gasteiger partial charge >= 0.3 is 12.2 Å². The summed E-state index contributed by atoms with van der Waals surface area (Å²) in [5.74, 6) is 0.115. The molecule has 0 saturated carbocycles. The van der Waals surface area contributed by atoms with Crippen molar-refractivity contribution in [3.05, 3.63) is 25.3 Å². The quantitative estimate of drug-likeness (QED) is 0.580. The highest BCUT2D eigenvalue weighted by Gasteiger charge is 2.39. The molecule has 2 fully saturated rings. The first-order valence-corrected chi connectivity index (χ1v) is 7.49. The largest absolute Gasteiger partial charge is 0.508 e. The highest BCUT2D eigenvalue weighted by molar-refractivity contribution is 5.66. The van der Waals surface area contributed by atoms with Crippen LogP contribution in [0.15, 0.2) is 25.3 Å². The molecule has 2 saturated heterocycles. The number of hydroxylamine groups is 2. The topological polar surface area (TPSA) is 86.3 Å². The zero-order valence-corrected chi connectivity index (χ0v) is 12.9. The van der Waals surface area contributed by atoms with E-state index in [2.05, 4.69) is 18.5 Å². The van der Waals surface area contributed by atoms with Gasteiger partial charge in [-0.3, -0.25) is 4.84 Å². The number of carbonyl (C=O) groups excluding carboxylic acids is 2. The highest BCUT2D eigenvalue weighted by Crippen LogP contribution is 2.24. The number of rotatable bonds is 6. The molecule has 2 aliphatic rings. The lowest BCUT2D eigenvalue weighted by atomic mass is 9.99. The maximum absolute atomic E-state index is 11.7. The first kappa shape index (κ1) is 17.3. The molecule has 0 aromatic rings. The van der Waals surface area contributed by atoms with Gasteiger partial charge in [0.25, 0.3) is 0 Å². The Labute approximate surface area is 134 Å². The van der Waals surface area contributed by atoms with Crippen LogP contribution in [0.25, 0.3) is 0 Å². The SMILES string of the molecule is C=CCOC(=O)O[C@H]1CN[C@H]([C@H]2CON(C(=O)OCC=C)C2)C1. The van der Waals surface area contributed by atoms with Gasteiger partial charge in [0, 0.05) is 24.9 Å². The number of nitrogens with zero attached hydrogens (tertiary/aromatic N) is 1. The van der Waals surface area contributed by atoms with Crippen molar-refractivity contribution in [2.75, 3.05) is 32.9 Å². The Balaban J connectivity index is 1.72. The molecule has 0 unspecified atom stereocenters. The first-order valence-electron chi connectivity index (χ1n) is 7.49. The zero-order valence-electron chi connectivity index (χ0n) is 12.9. The second-order valence-corrected chi connectivity index (χ2v) is 5.32. The van der Waals surface area contributed by atoms with E-state index in [-0.39, 0.29) is 31.3 Å². The Hall–Kier alpha value is -2.06. The number of amides is 1. The minimum atomic E-state index is -0.699. The fourth-order valence-corrected chi connectivity index (χ4v) is 2.56. The van der Waals surface area contributed by atoms with Crippen LogP contribution in [0.4, 0.5) is 9.59 Å². The Morgan fingerprint density at radius 3 is 2.74 bits per heavy atom. The molecule has 0 aliphatic carbocycles. The molecule has 23 heavy (non-hydrogen) atoms. The Bertz CT molecular complexity index is 455. The summed E-state index contributed by atoms with van der Waals surface area (Å²) in [6, 6.07) is 0.101. The molecular formula is C15H22N2O6. The van der Waals surface area contributed by atoms with Crippen LogP contribution in [0, 0.1) is 5.92 Å². The lowest BCUT2D eigenvalue weighted by Crippen LogP contribution is -2.35. The van der Waals surface area contributed by atoms with Crippen LogP contribution in [0.5, 0.6) is 0 Å². The van der Waals surface area contributed by atoms with E-state index in [4.69, 9.17) is 19.0 Å². The van der Waals surface area contributed by atoms with Crippen LogP contribution in [-0.4, -0.2) is 62.4 Å². The van der Waals surface area contributed by atoms with E-state index in [0.29, 0.717) is 26.1 Å². The first-order chi connectivity index (χ1) is 11.1. The molecule has 0 radical (unpaired) electrons.